The molecule has 3 aliphatic heterocycles. The van der Waals surface area contributed by atoms with Crippen LogP contribution in [0.25, 0.3) is 38.3 Å². The van der Waals surface area contributed by atoms with Crippen molar-refractivity contribution in [1.82, 2.24) is 4.57 Å². The number of hydrogen-bond donors (Lipinski definition) is 0. The lowest BCUT2D eigenvalue weighted by Gasteiger charge is -2.41. The number of ether oxygens (including phenoxy) is 1. The van der Waals surface area contributed by atoms with Gasteiger partial charge in [0.2, 0.25) is 0 Å². The monoisotopic (exact) mass is 482 g/mol. The van der Waals surface area contributed by atoms with Gasteiger partial charge in [0.15, 0.2) is 0 Å². The van der Waals surface area contributed by atoms with E-state index in [4.69, 9.17) is 4.74 Å². The first kappa shape index (κ1) is 19.2. The summed E-state index contributed by atoms with van der Waals surface area (Å²) in [6.07, 6.45) is 0. The van der Waals surface area contributed by atoms with Crippen molar-refractivity contribution in [3.8, 4) is 17.2 Å². The highest BCUT2D eigenvalue weighted by Crippen LogP contribution is 2.47. The first-order valence-electron chi connectivity index (χ1n) is 13.2. The summed E-state index contributed by atoms with van der Waals surface area (Å²) in [5, 5.41) is 5.33. The molecule has 0 radical (unpaired) electrons. The molecule has 4 heteroatoms. The number of rotatable bonds is 2. The van der Waals surface area contributed by atoms with Crippen molar-refractivity contribution in [3.63, 3.8) is 0 Å². The van der Waals surface area contributed by atoms with Crippen molar-refractivity contribution in [2.24, 2.45) is 0 Å². The molecule has 10 rings (SSSR count). The SMILES string of the molecule is c1ccc(N2c3cccc4c3B3c5c2ccc2ccc6c(c52)c2c3c(ccc2n6-c2ccccc2)O4)cc1. The van der Waals surface area contributed by atoms with E-state index in [9.17, 15) is 0 Å². The van der Waals surface area contributed by atoms with Crippen LogP contribution in [-0.4, -0.2) is 11.3 Å². The van der Waals surface area contributed by atoms with E-state index in [0.717, 1.165) is 11.5 Å². The van der Waals surface area contributed by atoms with Crippen molar-refractivity contribution in [3.05, 3.63) is 115 Å². The molecule has 3 nitrogen and oxygen atoms in total. The van der Waals surface area contributed by atoms with Crippen LogP contribution in [0.1, 0.15) is 0 Å². The molecule has 7 aromatic rings. The summed E-state index contributed by atoms with van der Waals surface area (Å²) in [5.41, 5.74) is 11.3. The molecule has 0 bridgehead atoms. The molecule has 1 aromatic heterocycles. The van der Waals surface area contributed by atoms with Gasteiger partial charge in [-0.2, -0.15) is 0 Å². The maximum absolute atomic E-state index is 6.70. The number of aromatic nitrogens is 1. The van der Waals surface area contributed by atoms with E-state index in [-0.39, 0.29) is 6.71 Å². The van der Waals surface area contributed by atoms with Crippen molar-refractivity contribution < 1.29 is 4.74 Å². The maximum Gasteiger partial charge on any atom is 0.258 e. The van der Waals surface area contributed by atoms with E-state index in [1.54, 1.807) is 0 Å². The zero-order chi connectivity index (χ0) is 24.5. The summed E-state index contributed by atoms with van der Waals surface area (Å²) >= 11 is 0. The van der Waals surface area contributed by atoms with Crippen LogP contribution in [0.3, 0.4) is 0 Å². The van der Waals surface area contributed by atoms with E-state index in [2.05, 4.69) is 125 Å². The van der Waals surface area contributed by atoms with Gasteiger partial charge >= 0.3 is 0 Å². The second kappa shape index (κ2) is 6.48. The van der Waals surface area contributed by atoms with Gasteiger partial charge in [0.1, 0.15) is 11.5 Å². The molecule has 0 N–H and O–H groups in total. The third-order valence-electron chi connectivity index (χ3n) is 8.74. The largest absolute Gasteiger partial charge is 0.458 e. The lowest BCUT2D eigenvalue weighted by molar-refractivity contribution is 0.488. The molecule has 0 amide bonds. The van der Waals surface area contributed by atoms with Gasteiger partial charge < -0.3 is 14.2 Å². The molecule has 38 heavy (non-hydrogen) atoms. The van der Waals surface area contributed by atoms with Gasteiger partial charge in [-0.15, -0.1) is 0 Å². The second-order valence-corrected chi connectivity index (χ2v) is 10.5. The van der Waals surface area contributed by atoms with E-state index in [1.807, 2.05) is 0 Å². The Hall–Kier alpha value is -4.96. The van der Waals surface area contributed by atoms with Gasteiger partial charge in [-0.1, -0.05) is 54.6 Å². The highest BCUT2D eigenvalue weighted by molar-refractivity contribution is 7.03. The van der Waals surface area contributed by atoms with Gasteiger partial charge in [0, 0.05) is 33.5 Å². The fourth-order valence-electron chi connectivity index (χ4n) is 7.39. The molecule has 6 aromatic carbocycles. The topological polar surface area (TPSA) is 17.4 Å². The summed E-state index contributed by atoms with van der Waals surface area (Å²) in [5.74, 6) is 1.94. The summed E-state index contributed by atoms with van der Waals surface area (Å²) < 4.78 is 9.13. The smallest absolute Gasteiger partial charge is 0.258 e. The Morgan fingerprint density at radius 2 is 1.16 bits per heavy atom. The predicted molar refractivity (Wildman–Crippen MR) is 158 cm³/mol. The van der Waals surface area contributed by atoms with Crippen molar-refractivity contribution in [2.75, 3.05) is 4.90 Å². The molecular weight excluding hydrogens is 463 g/mol. The van der Waals surface area contributed by atoms with Gasteiger partial charge in [0.05, 0.1) is 11.0 Å². The summed E-state index contributed by atoms with van der Waals surface area (Å²) in [6.45, 7) is 0.136. The fourth-order valence-corrected chi connectivity index (χ4v) is 7.39. The third-order valence-corrected chi connectivity index (χ3v) is 8.74. The van der Waals surface area contributed by atoms with Crippen LogP contribution < -0.4 is 26.0 Å². The minimum Gasteiger partial charge on any atom is -0.458 e. The van der Waals surface area contributed by atoms with E-state index in [1.165, 1.54) is 71.7 Å². The minimum absolute atomic E-state index is 0.136. The van der Waals surface area contributed by atoms with E-state index < -0.39 is 0 Å². The molecule has 0 unspecified atom stereocenters. The standard InChI is InChI=1S/C34H19BN2O/c1-3-8-21(9-4-1)36-23-16-14-20-15-17-26-33-29(20)30(23)31-24(36)18-19-28-34(31)35(33)32-25(12-7-13-27(32)38-28)37(26)22-10-5-2-6-11-22/h1-19H. The molecule has 0 fully saturated rings. The first-order valence-corrected chi connectivity index (χ1v) is 13.2. The Bertz CT molecular complexity index is 2170. The minimum atomic E-state index is 0.136. The van der Waals surface area contributed by atoms with E-state index in [0.29, 0.717) is 0 Å². The van der Waals surface area contributed by atoms with E-state index >= 15 is 0 Å². The molecule has 0 saturated carbocycles. The summed E-state index contributed by atoms with van der Waals surface area (Å²) in [7, 11) is 0. The number of anilines is 3. The predicted octanol–water partition coefficient (Wildman–Crippen LogP) is 6.66. The molecule has 3 aliphatic rings. The molecule has 0 atom stereocenters. The van der Waals surface area contributed by atoms with Crippen molar-refractivity contribution in [1.29, 1.82) is 0 Å². The molecular formula is C34H19BN2O. The highest BCUT2D eigenvalue weighted by atomic mass is 16.5. The lowest BCUT2D eigenvalue weighted by Crippen LogP contribution is -2.60. The number of para-hydroxylation sites is 2. The number of nitrogens with zero attached hydrogens (tertiary/aromatic N) is 2. The quantitative estimate of drug-likeness (QED) is 0.257. The normalized spacial score (nSPS) is 13.9. The number of hydrogen-bond acceptors (Lipinski definition) is 2. The Morgan fingerprint density at radius 3 is 2.00 bits per heavy atom. The fraction of sp³-hybridized carbons (Fsp3) is 0. The van der Waals surface area contributed by atoms with Crippen LogP contribution in [0.5, 0.6) is 11.5 Å². The Kier molecular flexibility index (Phi) is 3.27. The average Bonchev–Trinajstić information content (AvgIpc) is 3.33. The molecule has 0 saturated heterocycles. The number of benzene rings is 6. The van der Waals surface area contributed by atoms with Crippen LogP contribution in [-0.2, 0) is 0 Å². The molecule has 4 heterocycles. The van der Waals surface area contributed by atoms with Crippen molar-refractivity contribution in [2.45, 2.75) is 0 Å². The molecule has 174 valence electrons. The van der Waals surface area contributed by atoms with Crippen LogP contribution in [0, 0.1) is 0 Å². The molecule has 0 spiro atoms. The Labute approximate surface area is 219 Å². The van der Waals surface area contributed by atoms with Crippen LogP contribution in [0.2, 0.25) is 0 Å². The van der Waals surface area contributed by atoms with Gasteiger partial charge in [-0.3, -0.25) is 0 Å². The Balaban J connectivity index is 1.47. The van der Waals surface area contributed by atoms with Gasteiger partial charge in [0.25, 0.3) is 6.71 Å². The van der Waals surface area contributed by atoms with Crippen LogP contribution >= 0.6 is 0 Å². The van der Waals surface area contributed by atoms with Crippen LogP contribution in [0.4, 0.5) is 17.1 Å². The average molecular weight is 482 g/mol. The van der Waals surface area contributed by atoms with Gasteiger partial charge in [-0.25, -0.2) is 0 Å². The summed E-state index contributed by atoms with van der Waals surface area (Å²) in [6, 6.07) is 41.6. The second-order valence-electron chi connectivity index (χ2n) is 10.5. The van der Waals surface area contributed by atoms with Crippen molar-refractivity contribution >= 4 is 72.7 Å². The van der Waals surface area contributed by atoms with Crippen LogP contribution in [0.15, 0.2) is 115 Å². The zero-order valence-corrected chi connectivity index (χ0v) is 20.3. The zero-order valence-electron chi connectivity index (χ0n) is 20.3. The molecule has 0 aliphatic carbocycles. The van der Waals surface area contributed by atoms with Gasteiger partial charge in [-0.05, 0) is 87.8 Å². The summed E-state index contributed by atoms with van der Waals surface area (Å²) in [4.78, 5) is 2.43. The Morgan fingerprint density at radius 1 is 0.474 bits per heavy atom. The highest BCUT2D eigenvalue weighted by Gasteiger charge is 2.46. The first-order chi connectivity index (χ1) is 18.9. The maximum atomic E-state index is 6.70. The third kappa shape index (κ3) is 2.08. The lowest BCUT2D eigenvalue weighted by atomic mass is 9.32.